The molecule has 3 unspecified atom stereocenters. The van der Waals surface area contributed by atoms with Crippen LogP contribution in [-0.2, 0) is 6.42 Å². The fraction of sp³-hybridized carbons (Fsp3) is 0.500. The van der Waals surface area contributed by atoms with E-state index in [-0.39, 0.29) is 6.04 Å². The van der Waals surface area contributed by atoms with Gasteiger partial charge in [-0.2, -0.15) is 0 Å². The first-order valence-electron chi connectivity index (χ1n) is 7.05. The van der Waals surface area contributed by atoms with E-state index >= 15 is 0 Å². The third-order valence-electron chi connectivity index (χ3n) is 3.76. The van der Waals surface area contributed by atoms with Crippen molar-refractivity contribution in [2.75, 3.05) is 7.05 Å². The minimum Gasteiger partial charge on any atom is -0.326 e. The van der Waals surface area contributed by atoms with Crippen LogP contribution in [0, 0.1) is 6.92 Å². The zero-order valence-corrected chi connectivity index (χ0v) is 14.3. The summed E-state index contributed by atoms with van der Waals surface area (Å²) in [5.74, 6) is 0. The molecule has 0 aliphatic carbocycles. The van der Waals surface area contributed by atoms with Crippen molar-refractivity contribution in [3.8, 4) is 0 Å². The molecule has 0 aromatic carbocycles. The Bertz CT molecular complexity index is 516. The van der Waals surface area contributed by atoms with Crippen LogP contribution in [0.3, 0.4) is 0 Å². The Morgan fingerprint density at radius 2 is 2.00 bits per heavy atom. The second-order valence-corrected chi connectivity index (χ2v) is 7.90. The number of rotatable bonds is 6. The van der Waals surface area contributed by atoms with E-state index in [1.807, 2.05) is 22.7 Å². The number of nitrogens with zero attached hydrogens (tertiary/aromatic N) is 1. The number of thiophene rings is 2. The van der Waals surface area contributed by atoms with Crippen LogP contribution in [0.4, 0.5) is 0 Å². The fourth-order valence-corrected chi connectivity index (χ4v) is 4.55. The standard InChI is InChI=1S/C16H24N2S2/c1-11(10-14-6-5-9-19-14)18(4)16(13(3)17)15-8-7-12(2)20-15/h5-9,11,13,16H,10,17H2,1-4H3. The molecule has 110 valence electrons. The van der Waals surface area contributed by atoms with E-state index in [4.69, 9.17) is 5.73 Å². The van der Waals surface area contributed by atoms with Gasteiger partial charge < -0.3 is 5.73 Å². The minimum absolute atomic E-state index is 0.129. The molecule has 0 aliphatic heterocycles. The van der Waals surface area contributed by atoms with Gasteiger partial charge >= 0.3 is 0 Å². The molecular weight excluding hydrogens is 284 g/mol. The smallest absolute Gasteiger partial charge is 0.0590 e. The molecule has 4 heteroatoms. The highest BCUT2D eigenvalue weighted by atomic mass is 32.1. The van der Waals surface area contributed by atoms with Crippen molar-refractivity contribution < 1.29 is 0 Å². The van der Waals surface area contributed by atoms with Crippen LogP contribution < -0.4 is 5.73 Å². The molecular formula is C16H24N2S2. The van der Waals surface area contributed by atoms with Gasteiger partial charge in [0.25, 0.3) is 0 Å². The van der Waals surface area contributed by atoms with Gasteiger partial charge in [0.1, 0.15) is 0 Å². The second-order valence-electron chi connectivity index (χ2n) is 5.55. The van der Waals surface area contributed by atoms with Gasteiger partial charge in [-0.15, -0.1) is 22.7 Å². The maximum absolute atomic E-state index is 6.26. The summed E-state index contributed by atoms with van der Waals surface area (Å²) in [5, 5.41) is 2.15. The van der Waals surface area contributed by atoms with Crippen molar-refractivity contribution in [3.63, 3.8) is 0 Å². The maximum Gasteiger partial charge on any atom is 0.0590 e. The number of hydrogen-bond acceptors (Lipinski definition) is 4. The molecule has 20 heavy (non-hydrogen) atoms. The molecule has 2 aromatic rings. The molecule has 2 rings (SSSR count). The van der Waals surface area contributed by atoms with Crippen LogP contribution >= 0.6 is 22.7 Å². The highest BCUT2D eigenvalue weighted by Gasteiger charge is 2.26. The average Bonchev–Trinajstić information content (AvgIpc) is 3.01. The molecule has 0 radical (unpaired) electrons. The topological polar surface area (TPSA) is 29.3 Å². The Kier molecular flexibility index (Phi) is 5.38. The summed E-state index contributed by atoms with van der Waals surface area (Å²) >= 11 is 3.69. The normalized spacial score (nSPS) is 16.3. The van der Waals surface area contributed by atoms with Crippen molar-refractivity contribution in [1.82, 2.24) is 4.90 Å². The quantitative estimate of drug-likeness (QED) is 0.871. The zero-order chi connectivity index (χ0) is 14.7. The lowest BCUT2D eigenvalue weighted by Crippen LogP contribution is -2.42. The summed E-state index contributed by atoms with van der Waals surface area (Å²) in [6.45, 7) is 6.55. The lowest BCUT2D eigenvalue weighted by atomic mass is 10.0. The highest BCUT2D eigenvalue weighted by molar-refractivity contribution is 7.12. The van der Waals surface area contributed by atoms with E-state index in [1.165, 1.54) is 14.6 Å². The van der Waals surface area contributed by atoms with Crippen molar-refractivity contribution in [3.05, 3.63) is 44.3 Å². The Morgan fingerprint density at radius 3 is 2.50 bits per heavy atom. The van der Waals surface area contributed by atoms with E-state index in [9.17, 15) is 0 Å². The van der Waals surface area contributed by atoms with Crippen LogP contribution in [-0.4, -0.2) is 24.0 Å². The second kappa shape index (κ2) is 6.85. The molecule has 0 bridgehead atoms. The first kappa shape index (κ1) is 15.7. The van der Waals surface area contributed by atoms with Crippen molar-refractivity contribution in [1.29, 1.82) is 0 Å². The molecule has 0 saturated heterocycles. The molecule has 0 amide bonds. The Balaban J connectivity index is 2.12. The van der Waals surface area contributed by atoms with Crippen LogP contribution in [0.15, 0.2) is 29.6 Å². The van der Waals surface area contributed by atoms with Crippen molar-refractivity contribution >= 4 is 22.7 Å². The predicted octanol–water partition coefficient (Wildman–Crippen LogP) is 4.07. The first-order chi connectivity index (χ1) is 9.49. The maximum atomic E-state index is 6.26. The summed E-state index contributed by atoms with van der Waals surface area (Å²) in [4.78, 5) is 6.59. The third-order valence-corrected chi connectivity index (χ3v) is 5.73. The fourth-order valence-electron chi connectivity index (χ4n) is 2.58. The van der Waals surface area contributed by atoms with E-state index in [0.717, 1.165) is 6.42 Å². The van der Waals surface area contributed by atoms with Gasteiger partial charge in [-0.05, 0) is 57.8 Å². The number of likely N-dealkylation sites (N-methyl/N-ethyl adjacent to an activating group) is 1. The Hall–Kier alpha value is -0.680. The summed E-state index contributed by atoms with van der Waals surface area (Å²) in [7, 11) is 2.20. The van der Waals surface area contributed by atoms with Gasteiger partial charge in [0.05, 0.1) is 6.04 Å². The SMILES string of the molecule is Cc1ccc(C(C(C)N)N(C)C(C)Cc2cccs2)s1. The Morgan fingerprint density at radius 1 is 1.25 bits per heavy atom. The molecule has 0 aliphatic rings. The summed E-state index contributed by atoms with van der Waals surface area (Å²) < 4.78 is 0. The number of nitrogens with two attached hydrogens (primary N) is 1. The van der Waals surface area contributed by atoms with E-state index in [0.29, 0.717) is 12.1 Å². The molecule has 0 saturated carbocycles. The minimum atomic E-state index is 0.129. The largest absolute Gasteiger partial charge is 0.326 e. The molecule has 2 N–H and O–H groups in total. The van der Waals surface area contributed by atoms with E-state index < -0.39 is 0 Å². The van der Waals surface area contributed by atoms with Gasteiger partial charge in [-0.25, -0.2) is 0 Å². The average molecular weight is 309 g/mol. The first-order valence-corrected chi connectivity index (χ1v) is 8.75. The highest BCUT2D eigenvalue weighted by Crippen LogP contribution is 2.31. The predicted molar refractivity (Wildman–Crippen MR) is 90.7 cm³/mol. The molecule has 3 atom stereocenters. The van der Waals surface area contributed by atoms with Gasteiger partial charge in [0.15, 0.2) is 0 Å². The van der Waals surface area contributed by atoms with Crippen LogP contribution in [0.2, 0.25) is 0 Å². The van der Waals surface area contributed by atoms with Gasteiger partial charge in [-0.1, -0.05) is 6.07 Å². The molecule has 2 aromatic heterocycles. The zero-order valence-electron chi connectivity index (χ0n) is 12.7. The van der Waals surface area contributed by atoms with E-state index in [1.54, 1.807) is 0 Å². The number of hydrogen-bond donors (Lipinski definition) is 1. The lowest BCUT2D eigenvalue weighted by Gasteiger charge is -2.35. The van der Waals surface area contributed by atoms with Crippen molar-refractivity contribution in [2.45, 2.75) is 45.3 Å². The lowest BCUT2D eigenvalue weighted by molar-refractivity contribution is 0.167. The molecule has 0 fully saturated rings. The van der Waals surface area contributed by atoms with Gasteiger partial charge in [0, 0.05) is 26.7 Å². The van der Waals surface area contributed by atoms with Crippen molar-refractivity contribution in [2.24, 2.45) is 5.73 Å². The van der Waals surface area contributed by atoms with Crippen LogP contribution in [0.5, 0.6) is 0 Å². The van der Waals surface area contributed by atoms with Gasteiger partial charge in [-0.3, -0.25) is 4.90 Å². The van der Waals surface area contributed by atoms with Crippen LogP contribution in [0.1, 0.15) is 34.5 Å². The number of aryl methyl sites for hydroxylation is 1. The summed E-state index contributed by atoms with van der Waals surface area (Å²) in [6.07, 6.45) is 1.09. The van der Waals surface area contributed by atoms with Crippen LogP contribution in [0.25, 0.3) is 0 Å². The summed E-state index contributed by atoms with van der Waals surface area (Å²) in [5.41, 5.74) is 6.26. The monoisotopic (exact) mass is 308 g/mol. The molecule has 2 nitrogen and oxygen atoms in total. The Labute approximate surface area is 130 Å². The molecule has 2 heterocycles. The molecule has 0 spiro atoms. The third kappa shape index (κ3) is 3.70. The van der Waals surface area contributed by atoms with E-state index in [2.05, 4.69) is 62.4 Å². The summed E-state index contributed by atoms with van der Waals surface area (Å²) in [6, 6.07) is 9.65. The van der Waals surface area contributed by atoms with Gasteiger partial charge in [0.2, 0.25) is 0 Å².